The van der Waals surface area contributed by atoms with Crippen molar-refractivity contribution in [3.8, 4) is 0 Å². The molecule has 7 nitrogen and oxygen atoms in total. The van der Waals surface area contributed by atoms with Crippen LogP contribution in [0.2, 0.25) is 0 Å². The Labute approximate surface area is 170 Å². The molecule has 154 valence electrons. The highest BCUT2D eigenvalue weighted by molar-refractivity contribution is 6.06. The summed E-state index contributed by atoms with van der Waals surface area (Å²) in [6.45, 7) is 12.3. The van der Waals surface area contributed by atoms with Crippen molar-refractivity contribution in [3.05, 3.63) is 23.1 Å². The van der Waals surface area contributed by atoms with Crippen LogP contribution < -0.4 is 4.90 Å². The van der Waals surface area contributed by atoms with Crippen molar-refractivity contribution in [2.45, 2.75) is 52.7 Å². The monoisotopic (exact) mass is 396 g/mol. The molecule has 1 saturated heterocycles. The van der Waals surface area contributed by atoms with E-state index in [1.165, 1.54) is 11.1 Å². The standard InChI is InChI=1S/C22H28N4O3/c1-13(2)9-16-15-11-28-22(3,4)10-14(15)17-18-19(29-21(17)25-16)20(24-12-23-18)26-5-7-27-8-6-26/h12-13H,5-11H2,1-4H3. The quantitative estimate of drug-likeness (QED) is 0.669. The Balaban J connectivity index is 1.76. The Morgan fingerprint density at radius 2 is 1.93 bits per heavy atom. The molecule has 5 heterocycles. The third-order valence-electron chi connectivity index (χ3n) is 5.81. The van der Waals surface area contributed by atoms with Crippen molar-refractivity contribution < 1.29 is 13.9 Å². The van der Waals surface area contributed by atoms with Crippen LogP contribution in [0.1, 0.15) is 44.5 Å². The predicted molar refractivity (Wildman–Crippen MR) is 111 cm³/mol. The molecule has 0 radical (unpaired) electrons. The van der Waals surface area contributed by atoms with E-state index in [1.807, 2.05) is 0 Å². The first-order valence-corrected chi connectivity index (χ1v) is 10.5. The number of rotatable bonds is 3. The van der Waals surface area contributed by atoms with E-state index in [0.717, 1.165) is 53.9 Å². The lowest BCUT2D eigenvalue weighted by Crippen LogP contribution is -2.36. The second-order valence-electron chi connectivity index (χ2n) is 9.10. The summed E-state index contributed by atoms with van der Waals surface area (Å²) in [7, 11) is 0. The smallest absolute Gasteiger partial charge is 0.229 e. The number of ether oxygens (including phenoxy) is 2. The van der Waals surface area contributed by atoms with Gasteiger partial charge in [-0.1, -0.05) is 13.8 Å². The number of furan rings is 1. The van der Waals surface area contributed by atoms with Crippen molar-refractivity contribution >= 4 is 28.0 Å². The van der Waals surface area contributed by atoms with Gasteiger partial charge in [0.2, 0.25) is 5.71 Å². The fourth-order valence-corrected chi connectivity index (χ4v) is 4.42. The van der Waals surface area contributed by atoms with Crippen LogP contribution >= 0.6 is 0 Å². The molecule has 0 saturated carbocycles. The molecule has 0 aliphatic carbocycles. The van der Waals surface area contributed by atoms with Crippen LogP contribution in [-0.2, 0) is 28.9 Å². The molecule has 29 heavy (non-hydrogen) atoms. The molecule has 7 heteroatoms. The van der Waals surface area contributed by atoms with Gasteiger partial charge in [-0.05, 0) is 31.7 Å². The molecule has 0 unspecified atom stereocenters. The highest BCUT2D eigenvalue weighted by atomic mass is 16.5. The van der Waals surface area contributed by atoms with E-state index in [1.54, 1.807) is 6.33 Å². The largest absolute Gasteiger partial charge is 0.432 e. The molecule has 5 rings (SSSR count). The Morgan fingerprint density at radius 1 is 1.14 bits per heavy atom. The molecule has 2 aliphatic rings. The summed E-state index contributed by atoms with van der Waals surface area (Å²) in [5.74, 6) is 1.34. The average Bonchev–Trinajstić information content (AvgIpc) is 3.06. The van der Waals surface area contributed by atoms with E-state index < -0.39 is 0 Å². The molecule has 0 spiro atoms. The van der Waals surface area contributed by atoms with Crippen molar-refractivity contribution in [1.29, 1.82) is 0 Å². The van der Waals surface area contributed by atoms with Crippen molar-refractivity contribution in [2.24, 2.45) is 5.92 Å². The third kappa shape index (κ3) is 3.26. The van der Waals surface area contributed by atoms with Crippen molar-refractivity contribution in [3.63, 3.8) is 0 Å². The molecular weight excluding hydrogens is 368 g/mol. The number of aromatic nitrogens is 3. The first-order chi connectivity index (χ1) is 13.9. The Hall–Kier alpha value is -2.25. The van der Waals surface area contributed by atoms with Gasteiger partial charge in [-0.25, -0.2) is 15.0 Å². The Bertz CT molecular complexity index is 1070. The topological polar surface area (TPSA) is 73.5 Å². The lowest BCUT2D eigenvalue weighted by atomic mass is 9.88. The number of hydrogen-bond donors (Lipinski definition) is 0. The highest BCUT2D eigenvalue weighted by Crippen LogP contribution is 2.40. The SMILES string of the molecule is CC(C)Cc1nc2oc3c(N4CCOCC4)ncnc3c2c2c1COC(C)(C)C2. The predicted octanol–water partition coefficient (Wildman–Crippen LogP) is 3.66. The maximum absolute atomic E-state index is 6.33. The molecule has 0 bridgehead atoms. The maximum Gasteiger partial charge on any atom is 0.229 e. The van der Waals surface area contributed by atoms with E-state index in [0.29, 0.717) is 31.5 Å². The summed E-state index contributed by atoms with van der Waals surface area (Å²) in [6.07, 6.45) is 3.36. The summed E-state index contributed by atoms with van der Waals surface area (Å²) >= 11 is 0. The molecule has 3 aromatic heterocycles. The third-order valence-corrected chi connectivity index (χ3v) is 5.81. The summed E-state index contributed by atoms with van der Waals surface area (Å²) in [5, 5.41) is 1.02. The van der Waals surface area contributed by atoms with Gasteiger partial charge < -0.3 is 18.8 Å². The fraction of sp³-hybridized carbons (Fsp3) is 0.591. The fourth-order valence-electron chi connectivity index (χ4n) is 4.42. The summed E-state index contributed by atoms with van der Waals surface area (Å²) in [6, 6.07) is 0. The van der Waals surface area contributed by atoms with Crippen molar-refractivity contribution in [2.75, 3.05) is 31.2 Å². The molecule has 0 aromatic carbocycles. The average molecular weight is 396 g/mol. The summed E-state index contributed by atoms with van der Waals surface area (Å²) < 4.78 is 18.0. The number of anilines is 1. The molecule has 0 N–H and O–H groups in total. The van der Waals surface area contributed by atoms with E-state index >= 15 is 0 Å². The first-order valence-electron chi connectivity index (χ1n) is 10.5. The van der Waals surface area contributed by atoms with E-state index in [9.17, 15) is 0 Å². The highest BCUT2D eigenvalue weighted by Gasteiger charge is 2.33. The van der Waals surface area contributed by atoms with E-state index in [-0.39, 0.29) is 5.60 Å². The van der Waals surface area contributed by atoms with Crippen LogP contribution in [0.25, 0.3) is 22.2 Å². The summed E-state index contributed by atoms with van der Waals surface area (Å²) in [4.78, 5) is 16.3. The van der Waals surface area contributed by atoms with Gasteiger partial charge in [0.25, 0.3) is 0 Å². The second-order valence-corrected chi connectivity index (χ2v) is 9.10. The van der Waals surface area contributed by atoms with Gasteiger partial charge in [-0.2, -0.15) is 0 Å². The lowest BCUT2D eigenvalue weighted by molar-refractivity contribution is -0.0402. The van der Waals surface area contributed by atoms with Gasteiger partial charge in [0.15, 0.2) is 11.4 Å². The van der Waals surface area contributed by atoms with Crippen LogP contribution in [0, 0.1) is 5.92 Å². The number of fused-ring (bicyclic) bond motifs is 5. The second kappa shape index (κ2) is 6.92. The van der Waals surface area contributed by atoms with Crippen LogP contribution in [0.4, 0.5) is 5.82 Å². The molecule has 2 aliphatic heterocycles. The molecule has 1 fully saturated rings. The molecular formula is C22H28N4O3. The Kier molecular flexibility index (Phi) is 4.47. The number of hydrogen-bond acceptors (Lipinski definition) is 7. The summed E-state index contributed by atoms with van der Waals surface area (Å²) in [5.41, 5.74) is 5.59. The van der Waals surface area contributed by atoms with Gasteiger partial charge in [0.1, 0.15) is 11.8 Å². The first kappa shape index (κ1) is 18.8. The Morgan fingerprint density at radius 3 is 2.69 bits per heavy atom. The molecule has 0 atom stereocenters. The minimum Gasteiger partial charge on any atom is -0.432 e. The minimum atomic E-state index is -0.222. The van der Waals surface area contributed by atoms with Gasteiger partial charge in [-0.3, -0.25) is 0 Å². The van der Waals surface area contributed by atoms with E-state index in [2.05, 4.69) is 42.6 Å². The number of pyridine rings is 1. The van der Waals surface area contributed by atoms with Crippen LogP contribution in [0.5, 0.6) is 0 Å². The van der Waals surface area contributed by atoms with Gasteiger partial charge in [-0.15, -0.1) is 0 Å². The normalized spacial score (nSPS) is 19.3. The molecule has 0 amide bonds. The van der Waals surface area contributed by atoms with E-state index in [4.69, 9.17) is 18.9 Å². The number of nitrogens with zero attached hydrogens (tertiary/aromatic N) is 4. The lowest BCUT2D eigenvalue weighted by Gasteiger charge is -2.33. The van der Waals surface area contributed by atoms with Crippen LogP contribution in [-0.4, -0.2) is 46.9 Å². The van der Waals surface area contributed by atoms with Gasteiger partial charge in [0, 0.05) is 25.1 Å². The van der Waals surface area contributed by atoms with Crippen molar-refractivity contribution in [1.82, 2.24) is 15.0 Å². The number of morpholine rings is 1. The molecule has 3 aromatic rings. The zero-order chi connectivity index (χ0) is 20.2. The van der Waals surface area contributed by atoms with Gasteiger partial charge in [0.05, 0.1) is 36.5 Å². The zero-order valence-electron chi connectivity index (χ0n) is 17.6. The minimum absolute atomic E-state index is 0.222. The van der Waals surface area contributed by atoms with Crippen LogP contribution in [0.15, 0.2) is 10.7 Å². The maximum atomic E-state index is 6.33. The zero-order valence-corrected chi connectivity index (χ0v) is 17.6. The van der Waals surface area contributed by atoms with Gasteiger partial charge >= 0.3 is 0 Å². The van der Waals surface area contributed by atoms with Crippen LogP contribution in [0.3, 0.4) is 0 Å².